The molecule has 78 valence electrons. The van der Waals surface area contributed by atoms with Crippen LogP contribution in [-0.2, 0) is 14.3 Å². The second kappa shape index (κ2) is 3.56. The molecule has 1 aliphatic rings. The van der Waals surface area contributed by atoms with Crippen molar-refractivity contribution in [1.82, 2.24) is 0 Å². The fraction of sp³-hybridized carbons (Fsp3) is 0.636. The molecule has 0 amide bonds. The van der Waals surface area contributed by atoms with Crippen molar-refractivity contribution >= 4 is 12.3 Å². The molecule has 0 heterocycles. The summed E-state index contributed by atoms with van der Waals surface area (Å²) >= 11 is 0. The molecule has 14 heavy (non-hydrogen) atoms. The van der Waals surface area contributed by atoms with E-state index in [1.807, 2.05) is 19.9 Å². The van der Waals surface area contributed by atoms with E-state index in [1.165, 1.54) is 7.11 Å². The van der Waals surface area contributed by atoms with Crippen LogP contribution in [-0.4, -0.2) is 19.4 Å². The third-order valence-corrected chi connectivity index (χ3v) is 2.99. The summed E-state index contributed by atoms with van der Waals surface area (Å²) in [5.41, 5.74) is 0.603. The standard InChI is InChI=1S/C11H16O3/c1-7(6-12)5-8-9(10(13)14-4)11(8,2)3/h5-6,8-9H,1-4H3/t8-,9+/m0/s1. The molecule has 3 heteroatoms. The van der Waals surface area contributed by atoms with Gasteiger partial charge in [0.2, 0.25) is 0 Å². The monoisotopic (exact) mass is 196 g/mol. The number of hydrogen-bond acceptors (Lipinski definition) is 3. The predicted octanol–water partition coefficient (Wildman–Crippen LogP) is 1.58. The Morgan fingerprint density at radius 3 is 2.43 bits per heavy atom. The van der Waals surface area contributed by atoms with E-state index in [9.17, 15) is 9.59 Å². The molecular weight excluding hydrogens is 180 g/mol. The summed E-state index contributed by atoms with van der Waals surface area (Å²) in [5, 5.41) is 0. The van der Waals surface area contributed by atoms with Gasteiger partial charge in [0.05, 0.1) is 13.0 Å². The van der Waals surface area contributed by atoms with Crippen LogP contribution in [0.5, 0.6) is 0 Å². The maximum absolute atomic E-state index is 11.3. The van der Waals surface area contributed by atoms with Crippen LogP contribution < -0.4 is 0 Å². The van der Waals surface area contributed by atoms with E-state index in [0.29, 0.717) is 5.57 Å². The molecule has 1 fully saturated rings. The van der Waals surface area contributed by atoms with E-state index in [2.05, 4.69) is 0 Å². The zero-order valence-electron chi connectivity index (χ0n) is 9.03. The molecule has 3 nitrogen and oxygen atoms in total. The summed E-state index contributed by atoms with van der Waals surface area (Å²) in [7, 11) is 1.39. The minimum absolute atomic E-state index is 0.0721. The summed E-state index contributed by atoms with van der Waals surface area (Å²) in [6, 6.07) is 0. The quantitative estimate of drug-likeness (QED) is 0.391. The van der Waals surface area contributed by atoms with Crippen LogP contribution in [0.15, 0.2) is 11.6 Å². The SMILES string of the molecule is COC(=O)[C@H]1[C@H](C=C(C)C=O)C1(C)C. The van der Waals surface area contributed by atoms with Gasteiger partial charge in [-0.05, 0) is 23.8 Å². The highest BCUT2D eigenvalue weighted by atomic mass is 16.5. The van der Waals surface area contributed by atoms with Crippen molar-refractivity contribution in [1.29, 1.82) is 0 Å². The van der Waals surface area contributed by atoms with Crippen LogP contribution in [0.4, 0.5) is 0 Å². The van der Waals surface area contributed by atoms with Crippen LogP contribution in [0, 0.1) is 17.3 Å². The average molecular weight is 196 g/mol. The number of carbonyl (C=O) groups is 2. The van der Waals surface area contributed by atoms with E-state index >= 15 is 0 Å². The van der Waals surface area contributed by atoms with Crippen LogP contribution in [0.1, 0.15) is 20.8 Å². The summed E-state index contributed by atoms with van der Waals surface area (Å²) in [5.74, 6) is -0.141. The fourth-order valence-corrected chi connectivity index (χ4v) is 1.89. The molecule has 0 bridgehead atoms. The Morgan fingerprint density at radius 2 is 2.00 bits per heavy atom. The first-order valence-electron chi connectivity index (χ1n) is 4.66. The molecule has 0 saturated heterocycles. The van der Waals surface area contributed by atoms with E-state index in [0.717, 1.165) is 6.29 Å². The molecule has 2 atom stereocenters. The first kappa shape index (κ1) is 11.0. The topological polar surface area (TPSA) is 43.4 Å². The van der Waals surface area contributed by atoms with Crippen LogP contribution >= 0.6 is 0 Å². The minimum Gasteiger partial charge on any atom is -0.469 e. The molecule has 0 N–H and O–H groups in total. The highest BCUT2D eigenvalue weighted by molar-refractivity contribution is 5.79. The third kappa shape index (κ3) is 1.72. The molecule has 0 aromatic carbocycles. The van der Waals surface area contributed by atoms with E-state index in [1.54, 1.807) is 6.92 Å². The van der Waals surface area contributed by atoms with Gasteiger partial charge in [-0.25, -0.2) is 0 Å². The Hall–Kier alpha value is -1.12. The molecule has 1 rings (SSSR count). The second-order valence-corrected chi connectivity index (χ2v) is 4.38. The maximum atomic E-state index is 11.3. The van der Waals surface area contributed by atoms with Crippen molar-refractivity contribution in [3.63, 3.8) is 0 Å². The summed E-state index contributed by atoms with van der Waals surface area (Å²) in [6.45, 7) is 5.76. The molecule has 0 aliphatic heterocycles. The van der Waals surface area contributed by atoms with Gasteiger partial charge in [-0.3, -0.25) is 9.59 Å². The largest absolute Gasteiger partial charge is 0.469 e. The smallest absolute Gasteiger partial charge is 0.309 e. The zero-order chi connectivity index (χ0) is 10.9. The summed E-state index contributed by atoms with van der Waals surface area (Å²) < 4.78 is 4.70. The van der Waals surface area contributed by atoms with Crippen molar-refractivity contribution in [3.8, 4) is 0 Å². The van der Waals surface area contributed by atoms with Crippen LogP contribution in [0.2, 0.25) is 0 Å². The fourth-order valence-electron chi connectivity index (χ4n) is 1.89. The van der Waals surface area contributed by atoms with Gasteiger partial charge >= 0.3 is 5.97 Å². The Balaban J connectivity index is 2.76. The second-order valence-electron chi connectivity index (χ2n) is 4.38. The lowest BCUT2D eigenvalue weighted by molar-refractivity contribution is -0.143. The zero-order valence-corrected chi connectivity index (χ0v) is 9.03. The van der Waals surface area contributed by atoms with Crippen molar-refractivity contribution < 1.29 is 14.3 Å². The first-order chi connectivity index (χ1) is 6.45. The number of carbonyl (C=O) groups excluding carboxylic acids is 2. The molecule has 0 aromatic rings. The van der Waals surface area contributed by atoms with Crippen LogP contribution in [0.3, 0.4) is 0 Å². The first-order valence-corrected chi connectivity index (χ1v) is 4.66. The highest BCUT2D eigenvalue weighted by Crippen LogP contribution is 2.59. The third-order valence-electron chi connectivity index (χ3n) is 2.99. The molecule has 1 aliphatic carbocycles. The predicted molar refractivity (Wildman–Crippen MR) is 52.6 cm³/mol. The molecule has 0 radical (unpaired) electrons. The number of methoxy groups -OCH3 is 1. The molecule has 0 unspecified atom stereocenters. The van der Waals surface area contributed by atoms with Gasteiger partial charge in [0, 0.05) is 0 Å². The number of hydrogen-bond donors (Lipinski definition) is 0. The number of ether oxygens (including phenoxy) is 1. The molecule has 0 aromatic heterocycles. The molecule has 1 saturated carbocycles. The summed E-state index contributed by atoms with van der Waals surface area (Å²) in [4.78, 5) is 21.8. The van der Waals surface area contributed by atoms with Gasteiger partial charge in [0.25, 0.3) is 0 Å². The normalized spacial score (nSPS) is 29.6. The molecule has 0 spiro atoms. The van der Waals surface area contributed by atoms with Gasteiger partial charge in [-0.15, -0.1) is 0 Å². The lowest BCUT2D eigenvalue weighted by Gasteiger charge is -1.99. The van der Waals surface area contributed by atoms with Crippen molar-refractivity contribution in [2.75, 3.05) is 7.11 Å². The van der Waals surface area contributed by atoms with Crippen molar-refractivity contribution in [2.45, 2.75) is 20.8 Å². The number of esters is 1. The highest BCUT2D eigenvalue weighted by Gasteiger charge is 2.61. The Kier molecular flexibility index (Phi) is 2.79. The summed E-state index contributed by atoms with van der Waals surface area (Å²) in [6.07, 6.45) is 2.66. The van der Waals surface area contributed by atoms with Crippen molar-refractivity contribution in [2.24, 2.45) is 17.3 Å². The average Bonchev–Trinajstić information content (AvgIpc) is 2.67. The molecular formula is C11H16O3. The Morgan fingerprint density at radius 1 is 1.43 bits per heavy atom. The maximum Gasteiger partial charge on any atom is 0.309 e. The number of rotatable bonds is 3. The van der Waals surface area contributed by atoms with Gasteiger partial charge < -0.3 is 4.74 Å². The van der Waals surface area contributed by atoms with Crippen LogP contribution in [0.25, 0.3) is 0 Å². The van der Waals surface area contributed by atoms with Crippen molar-refractivity contribution in [3.05, 3.63) is 11.6 Å². The van der Waals surface area contributed by atoms with E-state index in [4.69, 9.17) is 4.74 Å². The number of aldehydes is 1. The minimum atomic E-state index is -0.185. The lowest BCUT2D eigenvalue weighted by Crippen LogP contribution is -2.07. The van der Waals surface area contributed by atoms with Gasteiger partial charge in [0.1, 0.15) is 6.29 Å². The van der Waals surface area contributed by atoms with Gasteiger partial charge in [-0.2, -0.15) is 0 Å². The van der Waals surface area contributed by atoms with Gasteiger partial charge in [0.15, 0.2) is 0 Å². The van der Waals surface area contributed by atoms with E-state index in [-0.39, 0.29) is 23.2 Å². The van der Waals surface area contributed by atoms with Gasteiger partial charge in [-0.1, -0.05) is 19.9 Å². The Labute approximate surface area is 84.1 Å². The van der Waals surface area contributed by atoms with E-state index < -0.39 is 0 Å². The Bertz CT molecular complexity index is 289. The number of allylic oxidation sites excluding steroid dienone is 2. The lowest BCUT2D eigenvalue weighted by atomic mass is 10.1.